The van der Waals surface area contributed by atoms with E-state index in [0.29, 0.717) is 0 Å². The molecule has 0 aromatic heterocycles. The average Bonchev–Trinajstić information content (AvgIpc) is 2.07. The van der Waals surface area contributed by atoms with E-state index in [-0.39, 0.29) is 0 Å². The van der Waals surface area contributed by atoms with Gasteiger partial charge in [-0.1, -0.05) is 32.9 Å². The van der Waals surface area contributed by atoms with Crippen molar-refractivity contribution in [1.29, 1.82) is 0 Å². The van der Waals surface area contributed by atoms with Crippen LogP contribution in [-0.4, -0.2) is 0 Å². The molecule has 50 valence electrons. The molecule has 0 saturated heterocycles. The summed E-state index contributed by atoms with van der Waals surface area (Å²) in [5.41, 5.74) is 4.35. The average molecular weight is 130 g/mol. The second-order valence-electron chi connectivity index (χ2n) is 2.39. The summed E-state index contributed by atoms with van der Waals surface area (Å²) >= 11 is 0. The van der Waals surface area contributed by atoms with Gasteiger partial charge in [-0.3, -0.25) is 0 Å². The van der Waals surface area contributed by atoms with Gasteiger partial charge in [-0.05, 0) is 27.9 Å². The van der Waals surface area contributed by atoms with Crippen LogP contribution in [-0.2, 0) is 0 Å². The van der Waals surface area contributed by atoms with Crippen LogP contribution in [0.25, 0.3) is 0 Å². The lowest BCUT2D eigenvalue weighted by Gasteiger charge is -1.91. The fourth-order valence-corrected chi connectivity index (χ4v) is 0.911. The van der Waals surface area contributed by atoms with E-state index in [1.807, 2.05) is 0 Å². The molecule has 0 atom stereocenters. The Morgan fingerprint density at radius 3 is 0.600 bits per heavy atom. The topological polar surface area (TPSA) is 0 Å². The van der Waals surface area contributed by atoms with Crippen molar-refractivity contribution < 1.29 is 0 Å². The van der Waals surface area contributed by atoms with Gasteiger partial charge in [0.15, 0.2) is 0 Å². The van der Waals surface area contributed by atoms with Crippen molar-refractivity contribution in [2.45, 2.75) is 0 Å². The Hall–Kier alpha value is -1.30. The summed E-state index contributed by atoms with van der Waals surface area (Å²) < 4.78 is 0. The van der Waals surface area contributed by atoms with Crippen LogP contribution < -0.4 is 0 Å². The van der Waals surface area contributed by atoms with Crippen molar-refractivity contribution in [2.24, 2.45) is 0 Å². The summed E-state index contributed by atoms with van der Waals surface area (Å²) in [7, 11) is 0. The van der Waals surface area contributed by atoms with Crippen LogP contribution in [0.15, 0.2) is 60.8 Å². The molecule has 0 spiro atoms. The lowest BCUT2D eigenvalue weighted by molar-refractivity contribution is 1.63. The van der Waals surface area contributed by atoms with Gasteiger partial charge >= 0.3 is 0 Å². The summed E-state index contributed by atoms with van der Waals surface area (Å²) in [5, 5.41) is 0. The fraction of sp³-hybridized carbons (Fsp3) is 0. The quantitative estimate of drug-likeness (QED) is 0.473. The molecular weight excluding hydrogens is 120 g/mol. The smallest absolute Gasteiger partial charge is 0.0183 e. The van der Waals surface area contributed by atoms with E-state index >= 15 is 0 Å². The van der Waals surface area contributed by atoms with Crippen molar-refractivity contribution in [3.63, 3.8) is 0 Å². The maximum atomic E-state index is 3.80. The highest BCUT2D eigenvalue weighted by Gasteiger charge is 2.20. The molecule has 1 fully saturated rings. The summed E-state index contributed by atoms with van der Waals surface area (Å²) in [5.74, 6) is 0. The summed E-state index contributed by atoms with van der Waals surface area (Å²) in [4.78, 5) is 0. The highest BCUT2D eigenvalue weighted by atomic mass is 14.2. The lowest BCUT2D eigenvalue weighted by Crippen LogP contribution is -1.73. The molecule has 0 heterocycles. The molecule has 1 aliphatic rings. The fourth-order valence-electron chi connectivity index (χ4n) is 0.911. The molecule has 0 aromatic carbocycles. The van der Waals surface area contributed by atoms with Crippen molar-refractivity contribution in [2.75, 3.05) is 0 Å². The maximum absolute atomic E-state index is 3.80. The highest BCUT2D eigenvalue weighted by Crippen LogP contribution is 2.38. The minimum atomic E-state index is 0.870. The van der Waals surface area contributed by atoms with Gasteiger partial charge in [-0.15, -0.1) is 0 Å². The monoisotopic (exact) mass is 130 g/mol. The first-order valence-corrected chi connectivity index (χ1v) is 3.02. The molecule has 10 heavy (non-hydrogen) atoms. The second kappa shape index (κ2) is 1.84. The van der Waals surface area contributed by atoms with E-state index in [1.165, 1.54) is 0 Å². The van der Waals surface area contributed by atoms with Gasteiger partial charge in [0.1, 0.15) is 0 Å². The molecular formula is C10H10. The Bertz CT molecular complexity index is 185. The van der Waals surface area contributed by atoms with E-state index in [2.05, 4.69) is 32.9 Å². The van der Waals surface area contributed by atoms with Crippen LogP contribution in [0.3, 0.4) is 0 Å². The largest absolute Gasteiger partial charge is 0.0906 e. The Morgan fingerprint density at radius 2 is 0.500 bits per heavy atom. The Balaban J connectivity index is 3.25. The SMILES string of the molecule is C=C1C(=C)C(=C)C(=C)C1=C. The third-order valence-electron chi connectivity index (χ3n) is 1.82. The van der Waals surface area contributed by atoms with Crippen LogP contribution in [0.1, 0.15) is 0 Å². The van der Waals surface area contributed by atoms with Gasteiger partial charge in [0.2, 0.25) is 0 Å². The van der Waals surface area contributed by atoms with Crippen LogP contribution in [0, 0.1) is 0 Å². The first-order chi connectivity index (χ1) is 4.55. The van der Waals surface area contributed by atoms with Gasteiger partial charge < -0.3 is 0 Å². The van der Waals surface area contributed by atoms with Gasteiger partial charge in [0.05, 0.1) is 0 Å². The molecule has 1 rings (SSSR count). The minimum Gasteiger partial charge on any atom is -0.0906 e. The molecule has 0 N–H and O–H groups in total. The molecule has 0 nitrogen and oxygen atoms in total. The Kier molecular flexibility index (Phi) is 1.26. The van der Waals surface area contributed by atoms with Gasteiger partial charge in [-0.2, -0.15) is 0 Å². The van der Waals surface area contributed by atoms with Gasteiger partial charge in [0.25, 0.3) is 0 Å². The van der Waals surface area contributed by atoms with E-state index in [0.717, 1.165) is 27.9 Å². The second-order valence-corrected chi connectivity index (χ2v) is 2.39. The number of allylic oxidation sites excluding steroid dienone is 5. The number of rotatable bonds is 0. The first-order valence-electron chi connectivity index (χ1n) is 3.02. The predicted molar refractivity (Wildman–Crippen MR) is 45.7 cm³/mol. The van der Waals surface area contributed by atoms with Crippen LogP contribution in [0.4, 0.5) is 0 Å². The molecule has 0 heteroatoms. The standard InChI is InChI=1S/C10H10/c1-6-7(2)9(4)10(5)8(6)3/h1-5H2. The van der Waals surface area contributed by atoms with E-state index in [9.17, 15) is 0 Å². The first kappa shape index (κ1) is 6.81. The van der Waals surface area contributed by atoms with Crippen molar-refractivity contribution >= 4 is 0 Å². The van der Waals surface area contributed by atoms with Crippen LogP contribution in [0.5, 0.6) is 0 Å². The summed E-state index contributed by atoms with van der Waals surface area (Å²) in [6.07, 6.45) is 0. The summed E-state index contributed by atoms with van der Waals surface area (Å²) in [6.45, 7) is 19.0. The van der Waals surface area contributed by atoms with Crippen LogP contribution in [0.2, 0.25) is 0 Å². The summed E-state index contributed by atoms with van der Waals surface area (Å²) in [6, 6.07) is 0. The Morgan fingerprint density at radius 1 is 0.400 bits per heavy atom. The third kappa shape index (κ3) is 0.623. The zero-order chi connectivity index (χ0) is 7.89. The minimum absolute atomic E-state index is 0.870. The molecule has 0 unspecified atom stereocenters. The van der Waals surface area contributed by atoms with E-state index in [4.69, 9.17) is 0 Å². The molecule has 0 aliphatic heterocycles. The lowest BCUT2D eigenvalue weighted by atomic mass is 10.1. The van der Waals surface area contributed by atoms with E-state index in [1.54, 1.807) is 0 Å². The highest BCUT2D eigenvalue weighted by molar-refractivity contribution is 5.74. The van der Waals surface area contributed by atoms with Crippen molar-refractivity contribution in [1.82, 2.24) is 0 Å². The zero-order valence-corrected chi connectivity index (χ0v) is 6.04. The van der Waals surface area contributed by atoms with Crippen molar-refractivity contribution in [3.8, 4) is 0 Å². The maximum Gasteiger partial charge on any atom is -0.0183 e. The normalized spacial score (nSPS) is 19.0. The Labute approximate surface area is 61.6 Å². The molecule has 0 aromatic rings. The molecule has 1 aliphatic carbocycles. The molecule has 0 bridgehead atoms. The molecule has 0 amide bonds. The van der Waals surface area contributed by atoms with Gasteiger partial charge in [-0.25, -0.2) is 0 Å². The van der Waals surface area contributed by atoms with Crippen molar-refractivity contribution in [3.05, 3.63) is 60.8 Å². The molecule has 0 radical (unpaired) electrons. The zero-order valence-electron chi connectivity index (χ0n) is 6.04. The van der Waals surface area contributed by atoms with E-state index < -0.39 is 0 Å². The molecule has 1 saturated carbocycles. The number of hydrogen-bond donors (Lipinski definition) is 0. The third-order valence-corrected chi connectivity index (χ3v) is 1.82. The number of hydrogen-bond acceptors (Lipinski definition) is 0. The van der Waals surface area contributed by atoms with Gasteiger partial charge in [0, 0.05) is 0 Å². The predicted octanol–water partition coefficient (Wildman–Crippen LogP) is 2.78. The van der Waals surface area contributed by atoms with Crippen LogP contribution >= 0.6 is 0 Å².